The molecule has 2 heterocycles. The summed E-state index contributed by atoms with van der Waals surface area (Å²) < 4.78 is 13.3. The average Bonchev–Trinajstić information content (AvgIpc) is 2.47. The van der Waals surface area contributed by atoms with E-state index in [1.165, 1.54) is 12.6 Å². The molecule has 4 nitrogen and oxygen atoms in total. The second kappa shape index (κ2) is 6.99. The lowest BCUT2D eigenvalue weighted by molar-refractivity contribution is 0.192. The number of nitrogens with one attached hydrogen (secondary N) is 1. The van der Waals surface area contributed by atoms with Gasteiger partial charge < -0.3 is 10.2 Å². The van der Waals surface area contributed by atoms with Crippen LogP contribution in [0.2, 0.25) is 0 Å². The summed E-state index contributed by atoms with van der Waals surface area (Å²) in [5.41, 5.74) is 0.935. The zero-order chi connectivity index (χ0) is 14.5. The molecule has 0 saturated carbocycles. The first kappa shape index (κ1) is 15.2. The highest BCUT2D eigenvalue weighted by Gasteiger charge is 2.22. The molecule has 1 atom stereocenters. The Morgan fingerprint density at radius 3 is 2.65 bits per heavy atom. The normalized spacial score (nSPS) is 18.3. The molecule has 0 spiro atoms. The highest BCUT2D eigenvalue weighted by Crippen LogP contribution is 2.21. The Morgan fingerprint density at radius 2 is 2.05 bits per heavy atom. The molecule has 112 valence electrons. The summed E-state index contributed by atoms with van der Waals surface area (Å²) >= 11 is 0. The van der Waals surface area contributed by atoms with Crippen LogP contribution in [0.3, 0.4) is 0 Å². The van der Waals surface area contributed by atoms with Gasteiger partial charge in [-0.05, 0) is 26.5 Å². The van der Waals surface area contributed by atoms with Crippen LogP contribution < -0.4 is 10.2 Å². The summed E-state index contributed by atoms with van der Waals surface area (Å²) in [6.07, 6.45) is 2.50. The van der Waals surface area contributed by atoms with Crippen molar-refractivity contribution in [3.63, 3.8) is 0 Å². The molecule has 1 aliphatic heterocycles. The predicted molar refractivity (Wildman–Crippen MR) is 80.5 cm³/mol. The van der Waals surface area contributed by atoms with Crippen LogP contribution in [-0.2, 0) is 6.54 Å². The molecule has 0 radical (unpaired) electrons. The van der Waals surface area contributed by atoms with Gasteiger partial charge in [-0.3, -0.25) is 4.90 Å². The van der Waals surface area contributed by atoms with Crippen molar-refractivity contribution in [1.29, 1.82) is 0 Å². The quantitative estimate of drug-likeness (QED) is 0.892. The molecule has 1 fully saturated rings. The molecule has 0 aliphatic carbocycles. The summed E-state index contributed by atoms with van der Waals surface area (Å²) in [5.74, 6) is 0.654. The Morgan fingerprint density at radius 1 is 1.35 bits per heavy atom. The second-order valence-electron chi connectivity index (χ2n) is 5.45. The predicted octanol–water partition coefficient (Wildman–Crippen LogP) is 1.86. The summed E-state index contributed by atoms with van der Waals surface area (Å²) in [5, 5.41) is 3.08. The maximum atomic E-state index is 13.3. The van der Waals surface area contributed by atoms with Gasteiger partial charge in [0, 0.05) is 44.3 Å². The summed E-state index contributed by atoms with van der Waals surface area (Å²) in [7, 11) is 1.87. The van der Waals surface area contributed by atoms with Gasteiger partial charge in [-0.1, -0.05) is 6.92 Å². The van der Waals surface area contributed by atoms with E-state index in [2.05, 4.69) is 33.9 Å². The fourth-order valence-corrected chi connectivity index (χ4v) is 2.71. The Bertz CT molecular complexity index is 430. The monoisotopic (exact) mass is 280 g/mol. The fourth-order valence-electron chi connectivity index (χ4n) is 2.71. The van der Waals surface area contributed by atoms with E-state index in [-0.39, 0.29) is 5.82 Å². The minimum atomic E-state index is -0.266. The zero-order valence-electron chi connectivity index (χ0n) is 12.7. The van der Waals surface area contributed by atoms with Gasteiger partial charge in [-0.2, -0.15) is 0 Å². The SMILES string of the molecule is CCC(C)N1CCN(c2ncc(F)cc2CNC)CC1. The summed E-state index contributed by atoms with van der Waals surface area (Å²) in [6.45, 7) is 9.16. The molecular weight excluding hydrogens is 255 g/mol. The van der Waals surface area contributed by atoms with Crippen LogP contribution in [0.5, 0.6) is 0 Å². The minimum Gasteiger partial charge on any atom is -0.354 e. The molecular formula is C15H25FN4. The van der Waals surface area contributed by atoms with E-state index in [9.17, 15) is 4.39 Å². The number of rotatable bonds is 5. The molecule has 5 heteroatoms. The number of hydrogen-bond acceptors (Lipinski definition) is 4. The van der Waals surface area contributed by atoms with Gasteiger partial charge in [0.05, 0.1) is 6.20 Å². The van der Waals surface area contributed by atoms with Crippen LogP contribution in [0, 0.1) is 5.82 Å². The number of halogens is 1. The molecule has 1 N–H and O–H groups in total. The van der Waals surface area contributed by atoms with Gasteiger partial charge in [0.1, 0.15) is 11.6 Å². The van der Waals surface area contributed by atoms with Crippen molar-refractivity contribution in [2.24, 2.45) is 0 Å². The zero-order valence-corrected chi connectivity index (χ0v) is 12.7. The van der Waals surface area contributed by atoms with Gasteiger partial charge >= 0.3 is 0 Å². The van der Waals surface area contributed by atoms with Crippen LogP contribution in [-0.4, -0.2) is 49.2 Å². The Kier molecular flexibility index (Phi) is 5.31. The van der Waals surface area contributed by atoms with Crippen LogP contribution in [0.15, 0.2) is 12.3 Å². The summed E-state index contributed by atoms with van der Waals surface area (Å²) in [6, 6.07) is 2.22. The molecule has 1 saturated heterocycles. The highest BCUT2D eigenvalue weighted by molar-refractivity contribution is 5.47. The number of piperazine rings is 1. The molecule has 2 rings (SSSR count). The van der Waals surface area contributed by atoms with Crippen molar-refractivity contribution in [3.05, 3.63) is 23.6 Å². The van der Waals surface area contributed by atoms with Crippen molar-refractivity contribution in [2.75, 3.05) is 38.1 Å². The Hall–Kier alpha value is -1.20. The van der Waals surface area contributed by atoms with Crippen molar-refractivity contribution in [2.45, 2.75) is 32.9 Å². The van der Waals surface area contributed by atoms with Crippen LogP contribution in [0.4, 0.5) is 10.2 Å². The molecule has 1 unspecified atom stereocenters. The van der Waals surface area contributed by atoms with Gasteiger partial charge in [0.15, 0.2) is 0 Å². The molecule has 0 amide bonds. The molecule has 0 aromatic carbocycles. The molecule has 1 aromatic heterocycles. The minimum absolute atomic E-state index is 0.266. The van der Waals surface area contributed by atoms with E-state index in [1.54, 1.807) is 6.07 Å². The molecule has 1 aliphatic rings. The van der Waals surface area contributed by atoms with E-state index in [0.717, 1.165) is 37.6 Å². The fraction of sp³-hybridized carbons (Fsp3) is 0.667. The third-order valence-corrected chi connectivity index (χ3v) is 4.10. The average molecular weight is 280 g/mol. The maximum absolute atomic E-state index is 13.3. The van der Waals surface area contributed by atoms with E-state index < -0.39 is 0 Å². The lowest BCUT2D eigenvalue weighted by atomic mass is 10.1. The highest BCUT2D eigenvalue weighted by atomic mass is 19.1. The number of pyridine rings is 1. The first-order valence-electron chi connectivity index (χ1n) is 7.43. The van der Waals surface area contributed by atoms with Crippen molar-refractivity contribution < 1.29 is 4.39 Å². The van der Waals surface area contributed by atoms with Crippen molar-refractivity contribution in [1.82, 2.24) is 15.2 Å². The smallest absolute Gasteiger partial charge is 0.141 e. The molecule has 0 bridgehead atoms. The third kappa shape index (κ3) is 3.46. The Balaban J connectivity index is 2.06. The van der Waals surface area contributed by atoms with Gasteiger partial charge in [-0.25, -0.2) is 9.37 Å². The van der Waals surface area contributed by atoms with Crippen LogP contribution >= 0.6 is 0 Å². The second-order valence-corrected chi connectivity index (χ2v) is 5.45. The number of nitrogens with zero attached hydrogens (tertiary/aromatic N) is 3. The van der Waals surface area contributed by atoms with Gasteiger partial charge in [0.2, 0.25) is 0 Å². The largest absolute Gasteiger partial charge is 0.354 e. The summed E-state index contributed by atoms with van der Waals surface area (Å²) in [4.78, 5) is 9.08. The molecule has 20 heavy (non-hydrogen) atoms. The van der Waals surface area contributed by atoms with Gasteiger partial charge in [0.25, 0.3) is 0 Å². The first-order valence-corrected chi connectivity index (χ1v) is 7.43. The van der Waals surface area contributed by atoms with Gasteiger partial charge in [-0.15, -0.1) is 0 Å². The molecule has 1 aromatic rings. The first-order chi connectivity index (χ1) is 9.65. The van der Waals surface area contributed by atoms with E-state index in [1.807, 2.05) is 7.05 Å². The van der Waals surface area contributed by atoms with Crippen LogP contribution in [0.25, 0.3) is 0 Å². The standard InChI is InChI=1S/C15H25FN4/c1-4-12(2)19-5-7-20(8-6-19)15-13(10-17-3)9-14(16)11-18-15/h9,11-12,17H,4-8,10H2,1-3H3. The van der Waals surface area contributed by atoms with Crippen molar-refractivity contribution in [3.8, 4) is 0 Å². The Labute approximate surface area is 121 Å². The van der Waals surface area contributed by atoms with Crippen LogP contribution in [0.1, 0.15) is 25.8 Å². The third-order valence-electron chi connectivity index (χ3n) is 4.10. The lowest BCUT2D eigenvalue weighted by Crippen LogP contribution is -2.50. The van der Waals surface area contributed by atoms with E-state index in [4.69, 9.17) is 0 Å². The lowest BCUT2D eigenvalue weighted by Gasteiger charge is -2.39. The van der Waals surface area contributed by atoms with Crippen molar-refractivity contribution >= 4 is 5.82 Å². The number of hydrogen-bond donors (Lipinski definition) is 1. The number of aromatic nitrogens is 1. The van der Waals surface area contributed by atoms with E-state index in [0.29, 0.717) is 12.6 Å². The van der Waals surface area contributed by atoms with E-state index >= 15 is 0 Å². The topological polar surface area (TPSA) is 31.4 Å². The maximum Gasteiger partial charge on any atom is 0.141 e. The number of anilines is 1.